The lowest BCUT2D eigenvalue weighted by atomic mass is 10.0. The summed E-state index contributed by atoms with van der Waals surface area (Å²) in [5.74, 6) is 0. The molecule has 0 atom stereocenters. The second-order valence-electron chi connectivity index (χ2n) is 7.97. The van der Waals surface area contributed by atoms with Gasteiger partial charge in [0.2, 0.25) is 18.2 Å². The minimum Gasteiger partial charge on any atom is -0.307 e. The lowest BCUT2D eigenvalue weighted by Gasteiger charge is -2.21. The van der Waals surface area contributed by atoms with E-state index in [-0.39, 0.29) is 6.16 Å². The van der Waals surface area contributed by atoms with Crippen LogP contribution in [0, 0.1) is 41.5 Å². The van der Waals surface area contributed by atoms with Crippen molar-refractivity contribution < 1.29 is 14.2 Å². The van der Waals surface area contributed by atoms with Crippen LogP contribution in [0.3, 0.4) is 0 Å². The van der Waals surface area contributed by atoms with E-state index in [0.717, 1.165) is 39.8 Å². The van der Waals surface area contributed by atoms with Gasteiger partial charge < -0.3 is 4.57 Å². The molecule has 0 saturated carbocycles. The average molecular weight is 398 g/mol. The maximum atomic E-state index is 14.1. The van der Waals surface area contributed by atoms with Gasteiger partial charge in [-0.3, -0.25) is 9.59 Å². The van der Waals surface area contributed by atoms with E-state index in [1.807, 2.05) is 72.7 Å². The molecule has 0 heterocycles. The zero-order chi connectivity index (χ0) is 21.2. The third-order valence-corrected chi connectivity index (χ3v) is 7.97. The molecule has 0 aliphatic heterocycles. The molecule has 150 valence electrons. The number of benzene rings is 2. The molecule has 0 aromatic heterocycles. The highest BCUT2D eigenvalue weighted by Gasteiger charge is 2.42. The minimum absolute atomic E-state index is 0.126. The topological polar surface area (TPSA) is 51.2 Å². The number of hydrogen-bond acceptors (Lipinski definition) is 3. The Bertz CT molecular complexity index is 866. The summed E-state index contributed by atoms with van der Waals surface area (Å²) in [5.41, 5.74) is 5.14. The van der Waals surface area contributed by atoms with Gasteiger partial charge in [0.05, 0.1) is 0 Å². The van der Waals surface area contributed by atoms with E-state index >= 15 is 0 Å². The first-order chi connectivity index (χ1) is 13.0. The molecule has 2 aromatic carbocycles. The van der Waals surface area contributed by atoms with E-state index in [2.05, 4.69) is 0 Å². The van der Waals surface area contributed by atoms with Crippen LogP contribution >= 0.6 is 7.14 Å². The highest BCUT2D eigenvalue weighted by Crippen LogP contribution is 2.54. The number of carbonyl (C=O) groups is 2. The number of aryl methyl sites for hydroxylation is 6. The molecule has 0 unspecified atom stereocenters. The monoisotopic (exact) mass is 398 g/mol. The molecule has 0 amide bonds. The highest BCUT2D eigenvalue weighted by atomic mass is 31.2. The van der Waals surface area contributed by atoms with Crippen LogP contribution in [0.25, 0.3) is 0 Å². The Labute approximate surface area is 168 Å². The average Bonchev–Trinajstić information content (AvgIpc) is 2.57. The molecule has 2 aromatic rings. The molecule has 3 nitrogen and oxygen atoms in total. The third kappa shape index (κ3) is 4.20. The number of carbonyl (C=O) groups excluding carboxylic acids is 2. The molecule has 0 radical (unpaired) electrons. The van der Waals surface area contributed by atoms with Gasteiger partial charge in [-0.2, -0.15) is 0 Å². The Kier molecular flexibility index (Phi) is 6.83. The van der Waals surface area contributed by atoms with E-state index < -0.39 is 18.2 Å². The summed E-state index contributed by atoms with van der Waals surface area (Å²) in [6.07, 6.45) is 1.49. The summed E-state index contributed by atoms with van der Waals surface area (Å²) in [4.78, 5) is 27.1. The molecule has 28 heavy (non-hydrogen) atoms. The van der Waals surface area contributed by atoms with Crippen LogP contribution in [0.5, 0.6) is 0 Å². The van der Waals surface area contributed by atoms with Gasteiger partial charge in [-0.25, -0.2) is 0 Å². The van der Waals surface area contributed by atoms with Crippen LogP contribution in [0.2, 0.25) is 0 Å². The maximum Gasteiger partial charge on any atom is 0.229 e. The predicted molar refractivity (Wildman–Crippen MR) is 117 cm³/mol. The smallest absolute Gasteiger partial charge is 0.229 e. The molecule has 0 fully saturated rings. The van der Waals surface area contributed by atoms with Gasteiger partial charge in [0.1, 0.15) is 0 Å². The first kappa shape index (κ1) is 22.3. The zero-order valence-electron chi connectivity index (χ0n) is 18.1. The summed E-state index contributed by atoms with van der Waals surface area (Å²) in [5, 5.41) is 0. The Morgan fingerprint density at radius 2 is 1.04 bits per heavy atom. The Balaban J connectivity index is 2.67. The van der Waals surface area contributed by atoms with E-state index in [0.29, 0.717) is 17.5 Å². The van der Waals surface area contributed by atoms with Crippen molar-refractivity contribution in [1.82, 2.24) is 0 Å². The molecule has 2 rings (SSSR count). The molecule has 4 heteroatoms. The van der Waals surface area contributed by atoms with Crippen molar-refractivity contribution in [3.63, 3.8) is 0 Å². The Hall–Kier alpha value is -1.99. The summed E-state index contributed by atoms with van der Waals surface area (Å²) in [7, 11) is -3.78. The second kappa shape index (κ2) is 8.57. The molecule has 0 aliphatic rings. The van der Waals surface area contributed by atoms with E-state index in [4.69, 9.17) is 0 Å². The van der Waals surface area contributed by atoms with E-state index in [9.17, 15) is 14.2 Å². The minimum atomic E-state index is -3.78. The lowest BCUT2D eigenvalue weighted by Crippen LogP contribution is -2.17. The molecular weight excluding hydrogens is 367 g/mol. The number of unbranched alkanes of at least 4 members (excludes halogenated alkanes) is 1. The van der Waals surface area contributed by atoms with Gasteiger partial charge in [-0.15, -0.1) is 0 Å². The lowest BCUT2D eigenvalue weighted by molar-refractivity contribution is 0.103. The summed E-state index contributed by atoms with van der Waals surface area (Å²) < 4.78 is 14.1. The predicted octanol–water partition coefficient (Wildman–Crippen LogP) is 6.68. The Morgan fingerprint density at radius 1 is 0.714 bits per heavy atom. The molecule has 0 bridgehead atoms. The van der Waals surface area contributed by atoms with Crippen LogP contribution in [-0.2, 0) is 4.57 Å². The van der Waals surface area contributed by atoms with Gasteiger partial charge in [0.15, 0.2) is 0 Å². The highest BCUT2D eigenvalue weighted by molar-refractivity contribution is 7.95. The van der Waals surface area contributed by atoms with Crippen molar-refractivity contribution in [2.45, 2.75) is 61.3 Å². The van der Waals surface area contributed by atoms with Gasteiger partial charge >= 0.3 is 0 Å². The fraction of sp³-hybridized carbons (Fsp3) is 0.417. The normalized spacial score (nSPS) is 11.5. The van der Waals surface area contributed by atoms with Crippen molar-refractivity contribution in [1.29, 1.82) is 0 Å². The third-order valence-electron chi connectivity index (χ3n) is 5.26. The van der Waals surface area contributed by atoms with Crippen LogP contribution < -0.4 is 0 Å². The summed E-state index contributed by atoms with van der Waals surface area (Å²) >= 11 is 0. The van der Waals surface area contributed by atoms with Crippen molar-refractivity contribution in [2.24, 2.45) is 0 Å². The van der Waals surface area contributed by atoms with E-state index in [1.54, 1.807) is 0 Å². The van der Waals surface area contributed by atoms with Gasteiger partial charge in [-0.1, -0.05) is 48.7 Å². The fourth-order valence-electron chi connectivity index (χ4n) is 4.07. The van der Waals surface area contributed by atoms with Crippen LogP contribution in [0.4, 0.5) is 0 Å². The van der Waals surface area contributed by atoms with Crippen LogP contribution in [-0.4, -0.2) is 17.2 Å². The molecule has 0 saturated heterocycles. The van der Waals surface area contributed by atoms with Gasteiger partial charge in [0, 0.05) is 17.3 Å². The summed E-state index contributed by atoms with van der Waals surface area (Å²) in [6, 6.07) is 7.66. The van der Waals surface area contributed by atoms with Crippen molar-refractivity contribution in [2.75, 3.05) is 6.16 Å². The fourth-order valence-corrected chi connectivity index (χ4v) is 6.85. The summed E-state index contributed by atoms with van der Waals surface area (Å²) in [6.45, 7) is 13.3. The first-order valence-corrected chi connectivity index (χ1v) is 11.8. The second-order valence-corrected chi connectivity index (χ2v) is 10.7. The van der Waals surface area contributed by atoms with Crippen LogP contribution in [0.1, 0.15) is 73.9 Å². The van der Waals surface area contributed by atoms with Crippen molar-refractivity contribution in [3.8, 4) is 0 Å². The van der Waals surface area contributed by atoms with Gasteiger partial charge in [-0.05, 0) is 70.2 Å². The van der Waals surface area contributed by atoms with Gasteiger partial charge in [0.25, 0.3) is 0 Å². The number of rotatable bonds is 7. The SMILES string of the molecule is CCCCP(=O)(C(=O)c1c(C)cc(C)cc1C)C(=O)c1c(C)cc(C)cc1C. The molecule has 0 aliphatic carbocycles. The first-order valence-electron chi connectivity index (χ1n) is 9.87. The molecule has 0 N–H and O–H groups in total. The maximum absolute atomic E-state index is 14.1. The quantitative estimate of drug-likeness (QED) is 0.489. The molecule has 0 spiro atoms. The standard InChI is InChI=1S/C24H31O3P/c1-8-9-10-28(27,23(25)21-17(4)11-15(2)12-18(21)5)24(26)22-19(6)13-16(3)14-20(22)7/h11-14H,8-10H2,1-7H3. The van der Waals surface area contributed by atoms with E-state index in [1.165, 1.54) is 0 Å². The Morgan fingerprint density at radius 3 is 1.32 bits per heavy atom. The zero-order valence-corrected chi connectivity index (χ0v) is 19.0. The number of hydrogen-bond donors (Lipinski definition) is 0. The largest absolute Gasteiger partial charge is 0.307 e. The van der Waals surface area contributed by atoms with Crippen molar-refractivity contribution >= 4 is 18.2 Å². The molecular formula is C24H31O3P. The van der Waals surface area contributed by atoms with Crippen molar-refractivity contribution in [3.05, 3.63) is 68.8 Å². The van der Waals surface area contributed by atoms with Crippen LogP contribution in [0.15, 0.2) is 24.3 Å².